The quantitative estimate of drug-likeness (QED) is 0.875. The van der Waals surface area contributed by atoms with E-state index in [9.17, 15) is 4.39 Å². The van der Waals surface area contributed by atoms with Crippen molar-refractivity contribution >= 4 is 11.6 Å². The lowest BCUT2D eigenvalue weighted by atomic mass is 10.1. The minimum absolute atomic E-state index is 0.255. The summed E-state index contributed by atoms with van der Waals surface area (Å²) in [5.41, 5.74) is 0.868. The van der Waals surface area contributed by atoms with Crippen molar-refractivity contribution in [3.63, 3.8) is 0 Å². The lowest BCUT2D eigenvalue weighted by Gasteiger charge is -2.39. The maximum atomic E-state index is 13.4. The van der Waals surface area contributed by atoms with Gasteiger partial charge in [-0.3, -0.25) is 4.90 Å². The molecule has 0 radical (unpaired) electrons. The van der Waals surface area contributed by atoms with Crippen molar-refractivity contribution < 1.29 is 4.39 Å². The van der Waals surface area contributed by atoms with Gasteiger partial charge in [0.05, 0.1) is 5.02 Å². The Balaban J connectivity index is 2.16. The second kappa shape index (κ2) is 5.34. The third-order valence-electron chi connectivity index (χ3n) is 3.40. The van der Waals surface area contributed by atoms with Crippen LogP contribution >= 0.6 is 11.6 Å². The summed E-state index contributed by atoms with van der Waals surface area (Å²) >= 11 is 5.99. The first-order valence-electron chi connectivity index (χ1n) is 5.99. The van der Waals surface area contributed by atoms with Crippen molar-refractivity contribution in [1.82, 2.24) is 10.2 Å². The van der Waals surface area contributed by atoms with Crippen LogP contribution in [0, 0.1) is 5.82 Å². The van der Waals surface area contributed by atoms with Gasteiger partial charge < -0.3 is 5.32 Å². The highest BCUT2D eigenvalue weighted by atomic mass is 35.5. The van der Waals surface area contributed by atoms with Crippen LogP contribution in [0.1, 0.15) is 19.4 Å². The maximum Gasteiger partial charge on any atom is 0.142 e. The van der Waals surface area contributed by atoms with Gasteiger partial charge in [-0.15, -0.1) is 0 Å². The fourth-order valence-corrected chi connectivity index (χ4v) is 2.53. The Morgan fingerprint density at radius 2 is 2.00 bits per heavy atom. The molecule has 1 aromatic carbocycles. The Morgan fingerprint density at radius 1 is 1.35 bits per heavy atom. The predicted octanol–water partition coefficient (Wildman–Crippen LogP) is 2.66. The maximum absolute atomic E-state index is 13.4. The summed E-state index contributed by atoms with van der Waals surface area (Å²) in [6.07, 6.45) is 0. The van der Waals surface area contributed by atoms with Gasteiger partial charge in [-0.25, -0.2) is 4.39 Å². The highest BCUT2D eigenvalue weighted by Gasteiger charge is 2.25. The molecule has 1 heterocycles. The molecule has 17 heavy (non-hydrogen) atoms. The molecule has 1 aromatic rings. The summed E-state index contributed by atoms with van der Waals surface area (Å²) in [7, 11) is 0. The molecule has 1 saturated heterocycles. The molecule has 0 bridgehead atoms. The Labute approximate surface area is 107 Å². The fourth-order valence-electron chi connectivity index (χ4n) is 2.35. The molecule has 94 valence electrons. The molecule has 0 saturated carbocycles. The number of benzene rings is 1. The lowest BCUT2D eigenvalue weighted by molar-refractivity contribution is 0.108. The summed E-state index contributed by atoms with van der Waals surface area (Å²) in [6, 6.07) is 5.90. The van der Waals surface area contributed by atoms with Gasteiger partial charge in [-0.05, 0) is 25.5 Å². The Hall–Kier alpha value is -0.640. The molecule has 0 spiro atoms. The van der Waals surface area contributed by atoms with Crippen LogP contribution < -0.4 is 5.32 Å². The number of nitrogens with one attached hydrogen (secondary N) is 1. The summed E-state index contributed by atoms with van der Waals surface area (Å²) in [4.78, 5) is 2.36. The fraction of sp³-hybridized carbons (Fsp3) is 0.538. The highest BCUT2D eigenvalue weighted by molar-refractivity contribution is 6.31. The van der Waals surface area contributed by atoms with Crippen molar-refractivity contribution in [2.75, 3.05) is 13.1 Å². The summed E-state index contributed by atoms with van der Waals surface area (Å²) in [5.74, 6) is -0.334. The number of rotatable bonds is 2. The average molecular weight is 257 g/mol. The van der Waals surface area contributed by atoms with Crippen molar-refractivity contribution in [3.8, 4) is 0 Å². The van der Waals surface area contributed by atoms with Crippen LogP contribution in [0.4, 0.5) is 4.39 Å². The molecule has 0 amide bonds. The standard InChI is InChI=1S/C13H18ClFN2/c1-9-6-16-7-10(2)17(9)8-11-4-3-5-12(15)13(11)14/h3-5,9-10,16H,6-8H2,1-2H3. The van der Waals surface area contributed by atoms with Crippen molar-refractivity contribution in [2.45, 2.75) is 32.5 Å². The average Bonchev–Trinajstić information content (AvgIpc) is 2.29. The molecule has 1 fully saturated rings. The zero-order chi connectivity index (χ0) is 12.4. The predicted molar refractivity (Wildman–Crippen MR) is 68.7 cm³/mol. The molecule has 0 aromatic heterocycles. The van der Waals surface area contributed by atoms with Crippen LogP contribution in [0.15, 0.2) is 18.2 Å². The summed E-state index contributed by atoms with van der Waals surface area (Å²) in [6.45, 7) is 7.00. The molecule has 2 unspecified atom stereocenters. The van der Waals surface area contributed by atoms with E-state index in [4.69, 9.17) is 11.6 Å². The van der Waals surface area contributed by atoms with E-state index in [1.54, 1.807) is 6.07 Å². The van der Waals surface area contributed by atoms with Gasteiger partial charge in [-0.2, -0.15) is 0 Å². The molecule has 1 aliphatic heterocycles. The van der Waals surface area contributed by atoms with Crippen LogP contribution in [0.2, 0.25) is 5.02 Å². The topological polar surface area (TPSA) is 15.3 Å². The van der Waals surface area contributed by atoms with Crippen LogP contribution in [0.25, 0.3) is 0 Å². The van der Waals surface area contributed by atoms with Crippen LogP contribution in [-0.4, -0.2) is 30.1 Å². The third kappa shape index (κ3) is 2.79. The first kappa shape index (κ1) is 12.8. The molecule has 4 heteroatoms. The van der Waals surface area contributed by atoms with E-state index in [-0.39, 0.29) is 10.8 Å². The van der Waals surface area contributed by atoms with Gasteiger partial charge in [0.1, 0.15) is 5.82 Å². The van der Waals surface area contributed by atoms with E-state index in [2.05, 4.69) is 24.1 Å². The molecule has 2 atom stereocenters. The largest absolute Gasteiger partial charge is 0.314 e. The number of halogens is 2. The molecule has 1 aliphatic rings. The Bertz CT molecular complexity index is 387. The van der Waals surface area contributed by atoms with Gasteiger partial charge in [0.25, 0.3) is 0 Å². The van der Waals surface area contributed by atoms with E-state index >= 15 is 0 Å². The van der Waals surface area contributed by atoms with Gasteiger partial charge >= 0.3 is 0 Å². The Morgan fingerprint density at radius 3 is 2.65 bits per heavy atom. The summed E-state index contributed by atoms with van der Waals surface area (Å²) in [5, 5.41) is 3.63. The molecular formula is C13H18ClFN2. The van der Waals surface area contributed by atoms with Crippen molar-refractivity contribution in [1.29, 1.82) is 0 Å². The van der Waals surface area contributed by atoms with E-state index in [1.165, 1.54) is 6.07 Å². The highest BCUT2D eigenvalue weighted by Crippen LogP contribution is 2.23. The van der Waals surface area contributed by atoms with E-state index in [0.29, 0.717) is 18.6 Å². The third-order valence-corrected chi connectivity index (χ3v) is 3.82. The van der Waals surface area contributed by atoms with Gasteiger partial charge in [-0.1, -0.05) is 23.7 Å². The zero-order valence-corrected chi connectivity index (χ0v) is 11.0. The first-order chi connectivity index (χ1) is 8.09. The molecular weight excluding hydrogens is 239 g/mol. The zero-order valence-electron chi connectivity index (χ0n) is 10.2. The van der Waals surface area contributed by atoms with Crippen LogP contribution in [0.5, 0.6) is 0 Å². The number of hydrogen-bond acceptors (Lipinski definition) is 2. The summed E-state index contributed by atoms with van der Waals surface area (Å²) < 4.78 is 13.4. The smallest absolute Gasteiger partial charge is 0.142 e. The molecule has 2 rings (SSSR count). The normalized spacial score (nSPS) is 26.1. The van der Waals surface area contributed by atoms with Crippen molar-refractivity contribution in [2.24, 2.45) is 0 Å². The van der Waals surface area contributed by atoms with Gasteiger partial charge in [0, 0.05) is 31.7 Å². The molecule has 2 nitrogen and oxygen atoms in total. The van der Waals surface area contributed by atoms with E-state index < -0.39 is 0 Å². The number of hydrogen-bond donors (Lipinski definition) is 1. The second-order valence-electron chi connectivity index (χ2n) is 4.74. The monoisotopic (exact) mass is 256 g/mol. The molecule has 0 aliphatic carbocycles. The van der Waals surface area contributed by atoms with Gasteiger partial charge in [0.2, 0.25) is 0 Å². The minimum Gasteiger partial charge on any atom is -0.314 e. The SMILES string of the molecule is CC1CNCC(C)N1Cc1cccc(F)c1Cl. The van der Waals surface area contributed by atoms with E-state index in [0.717, 1.165) is 18.7 Å². The van der Waals surface area contributed by atoms with E-state index in [1.807, 2.05) is 6.07 Å². The first-order valence-corrected chi connectivity index (χ1v) is 6.36. The van der Waals surface area contributed by atoms with Gasteiger partial charge in [0.15, 0.2) is 0 Å². The minimum atomic E-state index is -0.334. The number of nitrogens with zero attached hydrogens (tertiary/aromatic N) is 1. The Kier molecular flexibility index (Phi) is 4.02. The van der Waals surface area contributed by atoms with Crippen LogP contribution in [-0.2, 0) is 6.54 Å². The lowest BCUT2D eigenvalue weighted by Crippen LogP contribution is -2.54. The number of piperazine rings is 1. The van der Waals surface area contributed by atoms with Crippen LogP contribution in [0.3, 0.4) is 0 Å². The molecule has 1 N–H and O–H groups in total. The van der Waals surface area contributed by atoms with Crippen molar-refractivity contribution in [3.05, 3.63) is 34.6 Å². The second-order valence-corrected chi connectivity index (χ2v) is 5.12.